The van der Waals surface area contributed by atoms with E-state index in [0.29, 0.717) is 11.8 Å². The monoisotopic (exact) mass is 251 g/mol. The van der Waals surface area contributed by atoms with Crippen LogP contribution >= 0.6 is 0 Å². The quantitative estimate of drug-likeness (QED) is 0.777. The van der Waals surface area contributed by atoms with Crippen LogP contribution in [0, 0.1) is 0 Å². The molecule has 0 saturated heterocycles. The highest BCUT2D eigenvalue weighted by Gasteiger charge is 2.33. The van der Waals surface area contributed by atoms with Gasteiger partial charge in [0.25, 0.3) is 0 Å². The minimum absolute atomic E-state index is 0.417. The number of aromatic hydroxyl groups is 1. The molecule has 0 saturated carbocycles. The molecule has 19 heavy (non-hydrogen) atoms. The Balaban J connectivity index is 2.04. The molecule has 1 atom stereocenters. The van der Waals surface area contributed by atoms with Crippen molar-refractivity contribution < 1.29 is 5.11 Å². The maximum absolute atomic E-state index is 10.2. The molecule has 0 spiro atoms. The van der Waals surface area contributed by atoms with Crippen LogP contribution in [0.3, 0.4) is 0 Å². The van der Waals surface area contributed by atoms with Crippen molar-refractivity contribution in [2.45, 2.75) is 18.9 Å². The first-order chi connectivity index (χ1) is 9.25. The number of phenolic OH excluding ortho intramolecular Hbond substituents is 1. The van der Waals surface area contributed by atoms with Crippen molar-refractivity contribution in [3.8, 4) is 16.9 Å². The summed E-state index contributed by atoms with van der Waals surface area (Å²) < 4.78 is 0. The van der Waals surface area contributed by atoms with Crippen LogP contribution in [0.4, 0.5) is 0 Å². The summed E-state index contributed by atoms with van der Waals surface area (Å²) in [7, 11) is 2.19. The molecule has 4 rings (SSSR count). The predicted molar refractivity (Wildman–Crippen MR) is 76.3 cm³/mol. The molecular weight excluding hydrogens is 234 g/mol. The largest absolute Gasteiger partial charge is 0.508 e. The summed E-state index contributed by atoms with van der Waals surface area (Å²) in [5.74, 6) is 0.438. The van der Waals surface area contributed by atoms with Gasteiger partial charge < -0.3 is 5.11 Å². The van der Waals surface area contributed by atoms with Crippen LogP contribution in [-0.2, 0) is 12.8 Å². The molecule has 0 amide bonds. The zero-order valence-electron chi connectivity index (χ0n) is 11.1. The van der Waals surface area contributed by atoms with Crippen LogP contribution in [-0.4, -0.2) is 23.6 Å². The lowest BCUT2D eigenvalue weighted by Crippen LogP contribution is -2.35. The van der Waals surface area contributed by atoms with E-state index in [0.717, 1.165) is 24.9 Å². The summed E-state index contributed by atoms with van der Waals surface area (Å²) >= 11 is 0. The Hall–Kier alpha value is -1.80. The zero-order chi connectivity index (χ0) is 13.0. The number of fused-ring (bicyclic) bond motifs is 2. The van der Waals surface area contributed by atoms with E-state index in [9.17, 15) is 5.11 Å². The summed E-state index contributed by atoms with van der Waals surface area (Å²) in [4.78, 5) is 2.42. The molecule has 96 valence electrons. The number of hydrogen-bond acceptors (Lipinski definition) is 2. The molecular formula is C17H17NO. The normalized spacial score (nSPS) is 20.8. The number of hydrogen-bond donors (Lipinski definition) is 1. The van der Waals surface area contributed by atoms with E-state index in [1.165, 1.54) is 22.3 Å². The summed E-state index contributed by atoms with van der Waals surface area (Å²) in [5, 5.41) is 10.2. The van der Waals surface area contributed by atoms with Crippen LogP contribution < -0.4 is 0 Å². The highest BCUT2D eigenvalue weighted by molar-refractivity contribution is 5.77. The molecule has 2 aromatic rings. The molecule has 0 fully saturated rings. The Bertz CT molecular complexity index is 662. The van der Waals surface area contributed by atoms with Crippen molar-refractivity contribution in [3.63, 3.8) is 0 Å². The second-order valence-electron chi connectivity index (χ2n) is 5.63. The maximum Gasteiger partial charge on any atom is 0.119 e. The second kappa shape index (κ2) is 3.84. The van der Waals surface area contributed by atoms with Gasteiger partial charge in [0.05, 0.1) is 0 Å². The fourth-order valence-electron chi connectivity index (χ4n) is 3.63. The molecule has 1 heterocycles. The van der Waals surface area contributed by atoms with Crippen LogP contribution in [0.15, 0.2) is 36.4 Å². The van der Waals surface area contributed by atoms with Crippen molar-refractivity contribution in [1.29, 1.82) is 0 Å². The van der Waals surface area contributed by atoms with Crippen molar-refractivity contribution >= 4 is 0 Å². The molecule has 0 bridgehead atoms. The van der Waals surface area contributed by atoms with Gasteiger partial charge in [0, 0.05) is 18.2 Å². The van der Waals surface area contributed by atoms with Crippen molar-refractivity contribution in [1.82, 2.24) is 4.90 Å². The first kappa shape index (κ1) is 11.1. The highest BCUT2D eigenvalue weighted by Crippen LogP contribution is 2.46. The number of likely N-dealkylation sites (N-methyl/N-ethyl adjacent to an activating group) is 1. The molecule has 2 aliphatic rings. The van der Waals surface area contributed by atoms with Gasteiger partial charge in [0.15, 0.2) is 0 Å². The number of phenols is 1. The Labute approximate surface area is 113 Å². The lowest BCUT2D eigenvalue weighted by Gasteiger charge is -2.39. The van der Waals surface area contributed by atoms with Gasteiger partial charge in [-0.05, 0) is 48.2 Å². The third kappa shape index (κ3) is 1.47. The van der Waals surface area contributed by atoms with Crippen LogP contribution in [0.1, 0.15) is 22.7 Å². The molecule has 2 heteroatoms. The lowest BCUT2D eigenvalue weighted by atomic mass is 9.77. The van der Waals surface area contributed by atoms with E-state index in [4.69, 9.17) is 0 Å². The van der Waals surface area contributed by atoms with Gasteiger partial charge in [-0.1, -0.05) is 30.3 Å². The van der Waals surface area contributed by atoms with Crippen LogP contribution in [0.2, 0.25) is 0 Å². The van der Waals surface area contributed by atoms with E-state index in [-0.39, 0.29) is 0 Å². The Morgan fingerprint density at radius 3 is 2.79 bits per heavy atom. The molecule has 1 aliphatic carbocycles. The molecule has 1 aliphatic heterocycles. The van der Waals surface area contributed by atoms with Crippen LogP contribution in [0.5, 0.6) is 5.75 Å². The number of nitrogens with zero attached hydrogens (tertiary/aromatic N) is 1. The van der Waals surface area contributed by atoms with Crippen molar-refractivity contribution in [2.75, 3.05) is 13.6 Å². The van der Waals surface area contributed by atoms with E-state index in [1.807, 2.05) is 6.07 Å². The fraction of sp³-hybridized carbons (Fsp3) is 0.294. The number of benzene rings is 2. The molecule has 1 N–H and O–H groups in total. The third-order valence-corrected chi connectivity index (χ3v) is 4.63. The van der Waals surface area contributed by atoms with Crippen LogP contribution in [0.25, 0.3) is 11.1 Å². The van der Waals surface area contributed by atoms with Gasteiger partial charge in [-0.25, -0.2) is 0 Å². The standard InChI is InChI=1S/C17H17NO/c1-18-9-8-11-4-2-6-13-12-5-3-7-16(19)14(12)10-15(18)17(11)13/h2-7,15,19H,8-10H2,1H3. The molecule has 2 nitrogen and oxygen atoms in total. The Kier molecular flexibility index (Phi) is 2.24. The van der Waals surface area contributed by atoms with Gasteiger partial charge in [0.1, 0.15) is 5.75 Å². The van der Waals surface area contributed by atoms with Gasteiger partial charge in [0.2, 0.25) is 0 Å². The van der Waals surface area contributed by atoms with E-state index >= 15 is 0 Å². The average molecular weight is 251 g/mol. The Morgan fingerprint density at radius 1 is 1.11 bits per heavy atom. The minimum atomic E-state index is 0.417. The third-order valence-electron chi connectivity index (χ3n) is 4.63. The lowest BCUT2D eigenvalue weighted by molar-refractivity contribution is 0.227. The van der Waals surface area contributed by atoms with Gasteiger partial charge in [-0.2, -0.15) is 0 Å². The van der Waals surface area contributed by atoms with E-state index < -0.39 is 0 Å². The number of rotatable bonds is 0. The van der Waals surface area contributed by atoms with Gasteiger partial charge in [-0.3, -0.25) is 4.90 Å². The molecule has 0 radical (unpaired) electrons. The maximum atomic E-state index is 10.2. The van der Waals surface area contributed by atoms with Gasteiger partial charge in [-0.15, -0.1) is 0 Å². The van der Waals surface area contributed by atoms with Crippen molar-refractivity contribution in [3.05, 3.63) is 53.1 Å². The fourth-order valence-corrected chi connectivity index (χ4v) is 3.63. The molecule has 1 unspecified atom stereocenters. The smallest absolute Gasteiger partial charge is 0.119 e. The first-order valence-electron chi connectivity index (χ1n) is 6.89. The van der Waals surface area contributed by atoms with E-state index in [1.54, 1.807) is 6.07 Å². The second-order valence-corrected chi connectivity index (χ2v) is 5.63. The predicted octanol–water partition coefficient (Wildman–Crippen LogP) is 3.14. The van der Waals surface area contributed by atoms with E-state index in [2.05, 4.69) is 36.2 Å². The summed E-state index contributed by atoms with van der Waals surface area (Å²) in [6.07, 6.45) is 2.05. The average Bonchev–Trinajstić information content (AvgIpc) is 2.44. The zero-order valence-corrected chi connectivity index (χ0v) is 11.1. The van der Waals surface area contributed by atoms with Gasteiger partial charge >= 0.3 is 0 Å². The SMILES string of the molecule is CN1CCc2cccc3c2C1Cc1c(O)cccc1-3. The summed E-state index contributed by atoms with van der Waals surface area (Å²) in [5.41, 5.74) is 6.59. The minimum Gasteiger partial charge on any atom is -0.508 e. The summed E-state index contributed by atoms with van der Waals surface area (Å²) in [6, 6.07) is 12.9. The van der Waals surface area contributed by atoms with Crippen molar-refractivity contribution in [2.24, 2.45) is 0 Å². The highest BCUT2D eigenvalue weighted by atomic mass is 16.3. The molecule has 2 aromatic carbocycles. The Morgan fingerprint density at radius 2 is 1.89 bits per heavy atom. The summed E-state index contributed by atoms with van der Waals surface area (Å²) in [6.45, 7) is 1.10. The molecule has 0 aromatic heterocycles. The first-order valence-corrected chi connectivity index (χ1v) is 6.89. The topological polar surface area (TPSA) is 23.5 Å².